The highest BCUT2D eigenvalue weighted by atomic mass is 14.2. The van der Waals surface area contributed by atoms with Gasteiger partial charge in [-0.3, -0.25) is 0 Å². The van der Waals surface area contributed by atoms with Crippen LogP contribution in [-0.2, 0) is 0 Å². The molecule has 0 saturated heterocycles. The van der Waals surface area contributed by atoms with Crippen molar-refractivity contribution >= 4 is 32.3 Å². The summed E-state index contributed by atoms with van der Waals surface area (Å²) in [6, 6.07) is 36.0. The minimum absolute atomic E-state index is 0. The largest absolute Gasteiger partial charge is 0.344 e. The topological polar surface area (TPSA) is 35.0 Å². The summed E-state index contributed by atoms with van der Waals surface area (Å²) in [5.41, 5.74) is 7.73. The van der Waals surface area contributed by atoms with Crippen molar-refractivity contribution in [2.75, 3.05) is 0 Å². The molecular weight excluding hydrogens is 374 g/mol. The van der Waals surface area contributed by atoms with Gasteiger partial charge in [-0.1, -0.05) is 102 Å². The average Bonchev–Trinajstić information content (AvgIpc) is 2.78. The lowest BCUT2D eigenvalue weighted by molar-refractivity contribution is 1.46. The Morgan fingerprint density at radius 1 is 0.484 bits per heavy atom. The third-order valence-corrected chi connectivity index (χ3v) is 6.35. The minimum Gasteiger partial charge on any atom is -0.344 e. The normalized spacial score (nSPS) is 11.3. The lowest BCUT2D eigenvalue weighted by Gasteiger charge is -2.19. The van der Waals surface area contributed by atoms with Gasteiger partial charge in [-0.25, -0.2) is 0 Å². The third kappa shape index (κ3) is 2.98. The van der Waals surface area contributed by atoms with Crippen molar-refractivity contribution in [3.63, 3.8) is 0 Å². The molecule has 0 aliphatic rings. The van der Waals surface area contributed by atoms with Crippen LogP contribution in [0.3, 0.4) is 0 Å². The summed E-state index contributed by atoms with van der Waals surface area (Å²) < 4.78 is 0. The van der Waals surface area contributed by atoms with Gasteiger partial charge in [0.25, 0.3) is 0 Å². The van der Waals surface area contributed by atoms with Crippen molar-refractivity contribution in [3.8, 4) is 22.3 Å². The maximum absolute atomic E-state index is 2.38. The van der Waals surface area contributed by atoms with Crippen LogP contribution in [0, 0.1) is 13.8 Å². The zero-order valence-electron chi connectivity index (χ0n) is 17.9. The van der Waals surface area contributed by atoms with E-state index in [4.69, 9.17) is 0 Å². The number of rotatable bonds is 2. The van der Waals surface area contributed by atoms with E-state index in [9.17, 15) is 0 Å². The second kappa shape index (κ2) is 7.23. The first-order valence-corrected chi connectivity index (χ1v) is 10.5. The Morgan fingerprint density at radius 3 is 1.68 bits per heavy atom. The van der Waals surface area contributed by atoms with Crippen molar-refractivity contribution in [2.24, 2.45) is 0 Å². The van der Waals surface area contributed by atoms with Crippen LogP contribution in [0.15, 0.2) is 97.1 Å². The molecule has 6 rings (SSSR count). The van der Waals surface area contributed by atoms with E-state index in [1.807, 2.05) is 0 Å². The Morgan fingerprint density at radius 2 is 1.03 bits per heavy atom. The molecule has 6 aromatic rings. The van der Waals surface area contributed by atoms with Crippen LogP contribution in [0.4, 0.5) is 0 Å². The Bertz CT molecular complexity index is 1510. The Labute approximate surface area is 182 Å². The molecule has 1 heteroatoms. The molecule has 0 spiro atoms. The number of hydrogen-bond donors (Lipinski definition) is 1. The van der Waals surface area contributed by atoms with Gasteiger partial charge in [0.2, 0.25) is 0 Å². The van der Waals surface area contributed by atoms with E-state index < -0.39 is 0 Å². The highest BCUT2D eigenvalue weighted by Crippen LogP contribution is 2.44. The minimum atomic E-state index is 0. The first-order valence-electron chi connectivity index (χ1n) is 10.5. The molecule has 150 valence electrons. The van der Waals surface area contributed by atoms with Crippen LogP contribution in [0.5, 0.6) is 0 Å². The number of hydrogen-bond acceptors (Lipinski definition) is 1. The first-order chi connectivity index (χ1) is 14.7. The van der Waals surface area contributed by atoms with Gasteiger partial charge in [-0.05, 0) is 74.5 Å². The zero-order chi connectivity index (χ0) is 20.2. The predicted octanol–water partition coefficient (Wildman–Crippen LogP) is 8.70. The van der Waals surface area contributed by atoms with Crippen molar-refractivity contribution in [1.82, 2.24) is 6.15 Å². The number of aryl methyl sites for hydroxylation is 2. The van der Waals surface area contributed by atoms with E-state index in [1.54, 1.807) is 0 Å². The summed E-state index contributed by atoms with van der Waals surface area (Å²) in [5.74, 6) is 0. The molecule has 0 aliphatic carbocycles. The molecule has 31 heavy (non-hydrogen) atoms. The van der Waals surface area contributed by atoms with Crippen LogP contribution >= 0.6 is 0 Å². The summed E-state index contributed by atoms with van der Waals surface area (Å²) in [7, 11) is 0. The fourth-order valence-corrected chi connectivity index (χ4v) is 4.80. The number of benzene rings is 6. The van der Waals surface area contributed by atoms with E-state index in [-0.39, 0.29) is 6.15 Å². The molecule has 0 aromatic heterocycles. The molecule has 0 aliphatic heterocycles. The van der Waals surface area contributed by atoms with Crippen molar-refractivity contribution < 1.29 is 0 Å². The van der Waals surface area contributed by atoms with Crippen LogP contribution in [0.2, 0.25) is 0 Å². The highest BCUT2D eigenvalue weighted by molar-refractivity contribution is 6.27. The van der Waals surface area contributed by atoms with Gasteiger partial charge in [0.1, 0.15) is 0 Å². The van der Waals surface area contributed by atoms with Crippen LogP contribution in [0.25, 0.3) is 54.6 Å². The molecule has 0 fully saturated rings. The van der Waals surface area contributed by atoms with Gasteiger partial charge in [0, 0.05) is 0 Å². The van der Waals surface area contributed by atoms with E-state index in [1.165, 1.54) is 65.7 Å². The molecule has 3 N–H and O–H groups in total. The Hall–Kier alpha value is -3.68. The predicted molar refractivity (Wildman–Crippen MR) is 136 cm³/mol. The lowest BCUT2D eigenvalue weighted by Crippen LogP contribution is -1.92. The summed E-state index contributed by atoms with van der Waals surface area (Å²) in [6.45, 7) is 4.29. The van der Waals surface area contributed by atoms with Crippen molar-refractivity contribution in [3.05, 3.63) is 108 Å². The maximum Gasteiger partial charge on any atom is -0.00201 e. The molecule has 0 unspecified atom stereocenters. The van der Waals surface area contributed by atoms with Gasteiger partial charge in [-0.2, -0.15) is 0 Å². The van der Waals surface area contributed by atoms with Crippen LogP contribution < -0.4 is 6.15 Å². The molecule has 0 amide bonds. The van der Waals surface area contributed by atoms with Crippen molar-refractivity contribution in [2.45, 2.75) is 13.8 Å². The van der Waals surface area contributed by atoms with Gasteiger partial charge < -0.3 is 6.15 Å². The third-order valence-electron chi connectivity index (χ3n) is 6.35. The molecule has 0 heterocycles. The highest BCUT2D eigenvalue weighted by Gasteiger charge is 2.17. The zero-order valence-corrected chi connectivity index (χ0v) is 17.9. The standard InChI is InChI=1S/C30H22.H3N/c1-19-6-10-21(11-7-19)27-18-25-15-14-22-4-3-5-23-16-17-26(30(25)28(22)23)29(27)24-12-8-20(2)9-13-24;/h3-18H,1-2H3;1H3. The Kier molecular flexibility index (Phi) is 4.50. The van der Waals surface area contributed by atoms with Crippen LogP contribution in [0.1, 0.15) is 11.1 Å². The molecule has 1 nitrogen and oxygen atoms in total. The van der Waals surface area contributed by atoms with E-state index in [2.05, 4.69) is 111 Å². The second-order valence-electron chi connectivity index (χ2n) is 8.39. The molecule has 6 aromatic carbocycles. The Balaban J connectivity index is 0.00000204. The van der Waals surface area contributed by atoms with Gasteiger partial charge in [0.15, 0.2) is 0 Å². The monoisotopic (exact) mass is 399 g/mol. The summed E-state index contributed by atoms with van der Waals surface area (Å²) in [6.07, 6.45) is 0. The van der Waals surface area contributed by atoms with Crippen molar-refractivity contribution in [1.29, 1.82) is 0 Å². The molecule has 0 radical (unpaired) electrons. The van der Waals surface area contributed by atoms with E-state index in [0.717, 1.165) is 0 Å². The van der Waals surface area contributed by atoms with E-state index in [0.29, 0.717) is 0 Å². The van der Waals surface area contributed by atoms with Crippen LogP contribution in [-0.4, -0.2) is 0 Å². The van der Waals surface area contributed by atoms with Gasteiger partial charge in [0.05, 0.1) is 0 Å². The second-order valence-corrected chi connectivity index (χ2v) is 8.39. The molecule has 0 atom stereocenters. The first kappa shape index (κ1) is 19.3. The molecular formula is C30H25N. The SMILES string of the molecule is Cc1ccc(-c2cc3ccc4cccc5ccc(c2-c2ccc(C)cc2)c3c45)cc1.N. The summed E-state index contributed by atoms with van der Waals surface area (Å²) in [5, 5.41) is 8.00. The smallest absolute Gasteiger partial charge is 0.00201 e. The molecule has 0 saturated carbocycles. The fourth-order valence-electron chi connectivity index (χ4n) is 4.80. The lowest BCUT2D eigenvalue weighted by atomic mass is 9.84. The summed E-state index contributed by atoms with van der Waals surface area (Å²) in [4.78, 5) is 0. The summed E-state index contributed by atoms with van der Waals surface area (Å²) >= 11 is 0. The quantitative estimate of drug-likeness (QED) is 0.290. The van der Waals surface area contributed by atoms with Gasteiger partial charge >= 0.3 is 0 Å². The fraction of sp³-hybridized carbons (Fsp3) is 0.0667. The van der Waals surface area contributed by atoms with Gasteiger partial charge in [-0.15, -0.1) is 0 Å². The van der Waals surface area contributed by atoms with E-state index >= 15 is 0 Å². The maximum atomic E-state index is 2.38. The molecule has 0 bridgehead atoms. The average molecular weight is 400 g/mol.